The van der Waals surface area contributed by atoms with E-state index in [2.05, 4.69) is 34.3 Å². The predicted molar refractivity (Wildman–Crippen MR) is 175 cm³/mol. The summed E-state index contributed by atoms with van der Waals surface area (Å²) < 4.78 is 6.47. The molecule has 1 aliphatic rings. The second-order valence-electron chi connectivity index (χ2n) is 10.3. The van der Waals surface area contributed by atoms with E-state index in [9.17, 15) is 14.4 Å². The van der Waals surface area contributed by atoms with Gasteiger partial charge in [-0.2, -0.15) is 0 Å². The summed E-state index contributed by atoms with van der Waals surface area (Å²) >= 11 is 6.89. The highest BCUT2D eigenvalue weighted by Crippen LogP contribution is 2.39. The molecule has 0 unspecified atom stereocenters. The quantitative estimate of drug-likeness (QED) is 0.0909. The molecule has 3 aromatic carbocycles. The van der Waals surface area contributed by atoms with Crippen LogP contribution in [0.5, 0.6) is 0 Å². The maximum absolute atomic E-state index is 13.4. The Morgan fingerprint density at radius 1 is 0.978 bits per heavy atom. The van der Waals surface area contributed by atoms with E-state index in [4.69, 9.17) is 27.0 Å². The summed E-state index contributed by atoms with van der Waals surface area (Å²) in [5.41, 5.74) is 6.35. The van der Waals surface area contributed by atoms with Crippen molar-refractivity contribution in [2.45, 2.75) is 17.4 Å². The lowest BCUT2D eigenvalue weighted by Crippen LogP contribution is -2.25. The van der Waals surface area contributed by atoms with Gasteiger partial charge in [-0.05, 0) is 33.4 Å². The fourth-order valence-electron chi connectivity index (χ4n) is 5.32. The van der Waals surface area contributed by atoms with Gasteiger partial charge in [-0.25, -0.2) is 19.3 Å². The van der Waals surface area contributed by atoms with Gasteiger partial charge >= 0.3 is 17.6 Å². The molecule has 0 amide bonds. The van der Waals surface area contributed by atoms with Gasteiger partial charge in [-0.1, -0.05) is 109 Å². The fraction of sp³-hybridized carbons (Fsp3) is 0.118. The Labute approximate surface area is 267 Å². The summed E-state index contributed by atoms with van der Waals surface area (Å²) in [7, 11) is 1.31. The zero-order valence-electron chi connectivity index (χ0n) is 24.0. The number of ether oxygens (including phenoxy) is 1. The average molecular weight is 635 g/mol. The predicted octanol–water partition coefficient (Wildman–Crippen LogP) is 5.91. The Morgan fingerprint density at radius 3 is 2.24 bits per heavy atom. The van der Waals surface area contributed by atoms with Crippen LogP contribution in [0.25, 0.3) is 29.2 Å². The first-order valence-corrected chi connectivity index (χ1v) is 15.3. The van der Waals surface area contributed by atoms with Crippen LogP contribution < -0.4 is 5.69 Å². The van der Waals surface area contributed by atoms with Crippen molar-refractivity contribution in [2.24, 2.45) is 0 Å². The standard InChI is InChI=1S/C34H26N4O5S2/c1-43-29(41)19-45-32-26(23-12-10-20(11-13-23)16-28(39)40)17-35-33(37-32)38-18-27(31(44)36-34(38)42)30-24-8-4-2-6-21(24)14-15-22-7-3-5-9-25(22)30/h2-15,17-18,30H,16,19H2,1H3,(H,39,40)(H,36,42,44). The Bertz CT molecular complexity index is 2040. The van der Waals surface area contributed by atoms with Crippen LogP contribution in [-0.4, -0.2) is 49.4 Å². The molecule has 2 aromatic heterocycles. The number of carbonyl (C=O) groups is 2. The second kappa shape index (κ2) is 12.8. The van der Waals surface area contributed by atoms with Crippen LogP contribution in [0.3, 0.4) is 0 Å². The third-order valence-corrected chi connectivity index (χ3v) is 8.77. The number of methoxy groups -OCH3 is 1. The number of fused-ring (bicyclic) bond motifs is 2. The number of rotatable bonds is 8. The topological polar surface area (TPSA) is 127 Å². The summed E-state index contributed by atoms with van der Waals surface area (Å²) in [5.74, 6) is -1.56. The molecule has 9 nitrogen and oxygen atoms in total. The third-order valence-electron chi connectivity index (χ3n) is 7.47. The minimum absolute atomic E-state index is 0.0168. The molecule has 1 aliphatic carbocycles. The van der Waals surface area contributed by atoms with Crippen LogP contribution in [0.2, 0.25) is 0 Å². The zero-order valence-corrected chi connectivity index (χ0v) is 25.6. The van der Waals surface area contributed by atoms with Crippen LogP contribution in [0.1, 0.15) is 39.3 Å². The summed E-state index contributed by atoms with van der Waals surface area (Å²) in [6.07, 6.45) is 7.33. The number of hydrogen-bond acceptors (Lipinski definition) is 8. The van der Waals surface area contributed by atoms with Crippen molar-refractivity contribution in [3.8, 4) is 17.1 Å². The zero-order chi connectivity index (χ0) is 31.5. The van der Waals surface area contributed by atoms with Crippen molar-refractivity contribution in [2.75, 3.05) is 12.9 Å². The number of thioether (sulfide) groups is 1. The molecule has 0 atom stereocenters. The minimum atomic E-state index is -0.927. The Morgan fingerprint density at radius 2 is 1.62 bits per heavy atom. The van der Waals surface area contributed by atoms with E-state index in [1.54, 1.807) is 36.7 Å². The minimum Gasteiger partial charge on any atom is -0.481 e. The van der Waals surface area contributed by atoms with E-state index in [0.29, 0.717) is 26.4 Å². The van der Waals surface area contributed by atoms with Gasteiger partial charge in [0.05, 0.1) is 19.3 Å². The highest BCUT2D eigenvalue weighted by molar-refractivity contribution is 8.00. The number of aromatic amines is 1. The molecule has 5 aromatic rings. The average Bonchev–Trinajstić information content (AvgIpc) is 3.21. The number of H-pyrrole nitrogens is 1. The van der Waals surface area contributed by atoms with Crippen LogP contribution in [0, 0.1) is 4.64 Å². The van der Waals surface area contributed by atoms with Gasteiger partial charge in [0.1, 0.15) is 9.67 Å². The molecule has 0 fully saturated rings. The van der Waals surface area contributed by atoms with E-state index < -0.39 is 17.6 Å². The third kappa shape index (κ3) is 6.26. The molecule has 11 heteroatoms. The van der Waals surface area contributed by atoms with E-state index in [-0.39, 0.29) is 24.0 Å². The molecular weight excluding hydrogens is 609 g/mol. The number of aromatic nitrogens is 4. The maximum atomic E-state index is 13.4. The summed E-state index contributed by atoms with van der Waals surface area (Å²) in [4.78, 5) is 48.6. The summed E-state index contributed by atoms with van der Waals surface area (Å²) in [5, 5.41) is 9.57. The molecule has 0 saturated heterocycles. The van der Waals surface area contributed by atoms with Crippen molar-refractivity contribution >= 4 is 48.1 Å². The molecule has 224 valence electrons. The molecule has 0 saturated carbocycles. The number of carbonyl (C=O) groups excluding carboxylic acids is 1. The number of carboxylic acids is 1. The van der Waals surface area contributed by atoms with Gasteiger partial charge in [0.25, 0.3) is 0 Å². The second-order valence-corrected chi connectivity index (χ2v) is 11.6. The van der Waals surface area contributed by atoms with Crippen LogP contribution in [0.4, 0.5) is 0 Å². The molecule has 2 heterocycles. The molecule has 0 aliphatic heterocycles. The highest BCUT2D eigenvalue weighted by Gasteiger charge is 2.26. The number of benzene rings is 3. The smallest absolute Gasteiger partial charge is 0.333 e. The van der Waals surface area contributed by atoms with Crippen molar-refractivity contribution in [3.05, 3.63) is 134 Å². The molecule has 0 radical (unpaired) electrons. The number of aliphatic carboxylic acids is 1. The van der Waals surface area contributed by atoms with Gasteiger partial charge in [0.2, 0.25) is 5.95 Å². The number of esters is 1. The van der Waals surface area contributed by atoms with Crippen molar-refractivity contribution in [1.82, 2.24) is 19.5 Å². The van der Waals surface area contributed by atoms with Crippen molar-refractivity contribution < 1.29 is 19.4 Å². The Hall–Kier alpha value is -5.13. The van der Waals surface area contributed by atoms with Crippen LogP contribution in [0.15, 0.2) is 95.0 Å². The Balaban J connectivity index is 1.48. The number of nitrogens with zero attached hydrogens (tertiary/aromatic N) is 3. The maximum Gasteiger partial charge on any atom is 0.333 e. The first kappa shape index (κ1) is 29.9. The highest BCUT2D eigenvalue weighted by atomic mass is 32.2. The van der Waals surface area contributed by atoms with Crippen molar-refractivity contribution in [1.29, 1.82) is 0 Å². The number of carboxylic acid groups (broad SMARTS) is 1. The lowest BCUT2D eigenvalue weighted by molar-refractivity contribution is -0.137. The number of hydrogen-bond donors (Lipinski definition) is 2. The SMILES string of the molecule is COC(=O)CSc1nc(-n2cc(C3c4ccccc4C=Cc4ccccc43)c(=S)[nH]c2=O)ncc1-c1ccc(CC(=O)O)cc1. The lowest BCUT2D eigenvalue weighted by atomic mass is 9.83. The first-order valence-electron chi connectivity index (χ1n) is 13.9. The first-order chi connectivity index (χ1) is 21.8. The van der Waals surface area contributed by atoms with Gasteiger partial charge in [0, 0.05) is 29.4 Å². The van der Waals surface area contributed by atoms with Gasteiger partial charge in [-0.3, -0.25) is 14.6 Å². The molecule has 6 rings (SSSR count). The van der Waals surface area contributed by atoms with E-state index in [1.165, 1.54) is 11.7 Å². The van der Waals surface area contributed by atoms with Crippen molar-refractivity contribution in [3.63, 3.8) is 0 Å². The van der Waals surface area contributed by atoms with Crippen LogP contribution >= 0.6 is 24.0 Å². The van der Waals surface area contributed by atoms with E-state index in [1.807, 2.05) is 36.4 Å². The van der Waals surface area contributed by atoms with Crippen LogP contribution in [-0.2, 0) is 20.7 Å². The largest absolute Gasteiger partial charge is 0.481 e. The molecule has 0 spiro atoms. The monoisotopic (exact) mass is 634 g/mol. The molecule has 45 heavy (non-hydrogen) atoms. The normalized spacial score (nSPS) is 12.2. The summed E-state index contributed by atoms with van der Waals surface area (Å²) in [6, 6.07) is 23.2. The fourth-order valence-corrected chi connectivity index (χ4v) is 6.42. The number of nitrogens with one attached hydrogen (secondary N) is 1. The Kier molecular flexibility index (Phi) is 8.54. The summed E-state index contributed by atoms with van der Waals surface area (Å²) in [6.45, 7) is 0. The van der Waals surface area contributed by atoms with Gasteiger partial charge < -0.3 is 9.84 Å². The van der Waals surface area contributed by atoms with E-state index >= 15 is 0 Å². The molecule has 2 N–H and O–H groups in total. The van der Waals surface area contributed by atoms with Gasteiger partial charge in [0.15, 0.2) is 0 Å². The van der Waals surface area contributed by atoms with E-state index in [0.717, 1.165) is 39.6 Å². The molecule has 0 bridgehead atoms. The molecular formula is C34H26N4O5S2. The lowest BCUT2D eigenvalue weighted by Gasteiger charge is -2.21. The van der Waals surface area contributed by atoms with Gasteiger partial charge in [-0.15, -0.1) is 0 Å².